The number of nitrogens with one attached hydrogen (secondary N) is 1. The van der Waals surface area contributed by atoms with Gasteiger partial charge in [-0.25, -0.2) is 4.98 Å². The van der Waals surface area contributed by atoms with Gasteiger partial charge in [0, 0.05) is 19.3 Å². The highest BCUT2D eigenvalue weighted by Crippen LogP contribution is 2.28. The molecule has 2 heterocycles. The van der Waals surface area contributed by atoms with Gasteiger partial charge >= 0.3 is 0 Å². The van der Waals surface area contributed by atoms with Crippen LogP contribution in [0.25, 0.3) is 0 Å². The van der Waals surface area contributed by atoms with E-state index < -0.39 is 0 Å². The van der Waals surface area contributed by atoms with E-state index in [9.17, 15) is 0 Å². The van der Waals surface area contributed by atoms with Gasteiger partial charge in [0.25, 0.3) is 0 Å². The van der Waals surface area contributed by atoms with Crippen LogP contribution in [0, 0.1) is 5.92 Å². The van der Waals surface area contributed by atoms with Crippen LogP contribution in [0.15, 0.2) is 12.3 Å². The normalized spacial score (nSPS) is 22.9. The van der Waals surface area contributed by atoms with Gasteiger partial charge in [-0.1, -0.05) is 25.4 Å². The van der Waals surface area contributed by atoms with Crippen molar-refractivity contribution in [3.05, 3.63) is 22.8 Å². The summed E-state index contributed by atoms with van der Waals surface area (Å²) in [6.07, 6.45) is 2.13. The summed E-state index contributed by atoms with van der Waals surface area (Å²) < 4.78 is 5.66. The summed E-state index contributed by atoms with van der Waals surface area (Å²) in [6, 6.07) is 2.32. The lowest BCUT2D eigenvalue weighted by molar-refractivity contribution is 0.0340. The van der Waals surface area contributed by atoms with Crippen molar-refractivity contribution >= 4 is 17.4 Å². The SMILES string of the molecule is CC(C)CNCc1cnc(N2CC(C)OCC2C)c(Cl)c1. The van der Waals surface area contributed by atoms with Crippen molar-refractivity contribution in [3.63, 3.8) is 0 Å². The molecule has 4 nitrogen and oxygen atoms in total. The number of hydrogen-bond acceptors (Lipinski definition) is 4. The molecule has 1 aromatic heterocycles. The second-order valence-corrected chi connectivity index (χ2v) is 6.73. The van der Waals surface area contributed by atoms with E-state index in [0.29, 0.717) is 12.0 Å². The maximum atomic E-state index is 6.44. The standard InChI is InChI=1S/C16H26ClN3O/c1-11(2)6-18-7-14-5-15(17)16(19-8-14)20-9-13(4)21-10-12(20)3/h5,8,11-13,18H,6-7,9-10H2,1-4H3. The predicted octanol–water partition coefficient (Wildman–Crippen LogP) is 3.09. The third-order valence-corrected chi connectivity index (χ3v) is 3.92. The fraction of sp³-hybridized carbons (Fsp3) is 0.688. The molecule has 5 heteroatoms. The summed E-state index contributed by atoms with van der Waals surface area (Å²) in [5, 5.41) is 4.13. The third kappa shape index (κ3) is 4.56. The molecule has 0 aliphatic carbocycles. The van der Waals surface area contributed by atoms with Crippen LogP contribution in [-0.2, 0) is 11.3 Å². The molecule has 0 bridgehead atoms. The topological polar surface area (TPSA) is 37.4 Å². The number of nitrogens with zero attached hydrogens (tertiary/aromatic N) is 2. The summed E-state index contributed by atoms with van der Waals surface area (Å²) >= 11 is 6.44. The molecule has 21 heavy (non-hydrogen) atoms. The lowest BCUT2D eigenvalue weighted by Crippen LogP contribution is -2.47. The molecule has 0 saturated carbocycles. The van der Waals surface area contributed by atoms with Crippen LogP contribution < -0.4 is 10.2 Å². The Morgan fingerprint density at radius 1 is 1.48 bits per heavy atom. The van der Waals surface area contributed by atoms with Crippen LogP contribution in [0.2, 0.25) is 5.02 Å². The maximum Gasteiger partial charge on any atom is 0.147 e. The van der Waals surface area contributed by atoms with Gasteiger partial charge in [0.2, 0.25) is 0 Å². The van der Waals surface area contributed by atoms with E-state index in [1.165, 1.54) is 0 Å². The van der Waals surface area contributed by atoms with Crippen molar-refractivity contribution in [1.29, 1.82) is 0 Å². The van der Waals surface area contributed by atoms with Crippen molar-refractivity contribution in [3.8, 4) is 0 Å². The fourth-order valence-corrected chi connectivity index (χ4v) is 2.78. The average Bonchev–Trinajstić information content (AvgIpc) is 2.42. The number of anilines is 1. The van der Waals surface area contributed by atoms with Crippen LogP contribution in [-0.4, -0.2) is 36.8 Å². The minimum atomic E-state index is 0.214. The lowest BCUT2D eigenvalue weighted by atomic mass is 10.2. The largest absolute Gasteiger partial charge is 0.375 e. The first-order valence-electron chi connectivity index (χ1n) is 7.70. The third-order valence-electron chi connectivity index (χ3n) is 3.64. The van der Waals surface area contributed by atoms with Crippen molar-refractivity contribution in [1.82, 2.24) is 10.3 Å². The maximum absolute atomic E-state index is 6.44. The molecular weight excluding hydrogens is 286 g/mol. The van der Waals surface area contributed by atoms with Gasteiger partial charge in [-0.15, -0.1) is 0 Å². The number of halogens is 1. The zero-order valence-electron chi connectivity index (χ0n) is 13.4. The van der Waals surface area contributed by atoms with Gasteiger partial charge in [-0.05, 0) is 37.9 Å². The Kier molecular flexibility index (Phi) is 5.85. The molecule has 1 fully saturated rings. The van der Waals surface area contributed by atoms with Gasteiger partial charge < -0.3 is 15.0 Å². The molecular formula is C16H26ClN3O. The number of ether oxygens (including phenoxy) is 1. The first-order chi connectivity index (χ1) is 9.97. The van der Waals surface area contributed by atoms with Gasteiger partial charge in [0.1, 0.15) is 5.82 Å². The number of rotatable bonds is 5. The highest BCUT2D eigenvalue weighted by Gasteiger charge is 2.26. The van der Waals surface area contributed by atoms with Crippen LogP contribution in [0.4, 0.5) is 5.82 Å². The van der Waals surface area contributed by atoms with Crippen molar-refractivity contribution < 1.29 is 4.74 Å². The minimum absolute atomic E-state index is 0.214. The average molecular weight is 312 g/mol. The quantitative estimate of drug-likeness (QED) is 0.906. The molecule has 1 aliphatic rings. The van der Waals surface area contributed by atoms with Gasteiger partial charge in [0.15, 0.2) is 0 Å². The first kappa shape index (κ1) is 16.5. The molecule has 0 spiro atoms. The fourth-order valence-electron chi connectivity index (χ4n) is 2.48. The highest BCUT2D eigenvalue weighted by atomic mass is 35.5. The molecule has 1 N–H and O–H groups in total. The Morgan fingerprint density at radius 3 is 2.90 bits per heavy atom. The van der Waals surface area contributed by atoms with E-state index in [4.69, 9.17) is 16.3 Å². The second-order valence-electron chi connectivity index (χ2n) is 6.32. The summed E-state index contributed by atoms with van der Waals surface area (Å²) in [5.74, 6) is 1.51. The summed E-state index contributed by atoms with van der Waals surface area (Å²) in [6.45, 7) is 12.0. The molecule has 1 aliphatic heterocycles. The molecule has 0 aromatic carbocycles. The Balaban J connectivity index is 2.04. The molecule has 1 saturated heterocycles. The summed E-state index contributed by atoms with van der Waals surface area (Å²) in [4.78, 5) is 6.82. The highest BCUT2D eigenvalue weighted by molar-refractivity contribution is 6.33. The van der Waals surface area contributed by atoms with E-state index in [1.54, 1.807) is 0 Å². The monoisotopic (exact) mass is 311 g/mol. The molecule has 1 aromatic rings. The van der Waals surface area contributed by atoms with E-state index in [0.717, 1.165) is 42.6 Å². The molecule has 2 rings (SSSR count). The summed E-state index contributed by atoms with van der Waals surface area (Å²) in [5.41, 5.74) is 1.12. The van der Waals surface area contributed by atoms with E-state index >= 15 is 0 Å². The molecule has 2 atom stereocenters. The van der Waals surface area contributed by atoms with Crippen LogP contribution in [0.1, 0.15) is 33.3 Å². The summed E-state index contributed by atoms with van der Waals surface area (Å²) in [7, 11) is 0. The Hall–Kier alpha value is -0.840. The van der Waals surface area contributed by atoms with Crippen LogP contribution >= 0.6 is 11.6 Å². The van der Waals surface area contributed by atoms with Crippen molar-refractivity contribution in [2.24, 2.45) is 5.92 Å². The smallest absolute Gasteiger partial charge is 0.147 e. The first-order valence-corrected chi connectivity index (χ1v) is 8.08. The Morgan fingerprint density at radius 2 is 2.24 bits per heavy atom. The number of morpholine rings is 1. The van der Waals surface area contributed by atoms with E-state index in [-0.39, 0.29) is 6.10 Å². The number of pyridine rings is 1. The van der Waals surface area contributed by atoms with Crippen LogP contribution in [0.5, 0.6) is 0 Å². The Labute approximate surface area is 132 Å². The van der Waals surface area contributed by atoms with Gasteiger partial charge in [-0.3, -0.25) is 0 Å². The van der Waals surface area contributed by atoms with Gasteiger partial charge in [-0.2, -0.15) is 0 Å². The number of aromatic nitrogens is 1. The zero-order chi connectivity index (χ0) is 15.4. The van der Waals surface area contributed by atoms with Gasteiger partial charge in [0.05, 0.1) is 23.8 Å². The molecule has 118 valence electrons. The van der Waals surface area contributed by atoms with E-state index in [1.807, 2.05) is 12.3 Å². The predicted molar refractivity (Wildman–Crippen MR) is 88.0 cm³/mol. The molecule has 2 unspecified atom stereocenters. The van der Waals surface area contributed by atoms with Crippen LogP contribution in [0.3, 0.4) is 0 Å². The second kappa shape index (κ2) is 7.43. The van der Waals surface area contributed by atoms with Crippen molar-refractivity contribution in [2.45, 2.75) is 46.4 Å². The molecule has 0 radical (unpaired) electrons. The van der Waals surface area contributed by atoms with E-state index in [2.05, 4.69) is 42.9 Å². The van der Waals surface area contributed by atoms with Crippen molar-refractivity contribution in [2.75, 3.05) is 24.6 Å². The Bertz CT molecular complexity index is 467. The lowest BCUT2D eigenvalue weighted by Gasteiger charge is -2.38. The molecule has 0 amide bonds. The number of hydrogen-bond donors (Lipinski definition) is 1. The zero-order valence-corrected chi connectivity index (χ0v) is 14.2. The minimum Gasteiger partial charge on any atom is -0.375 e.